The number of nitrogens with two attached hydrogens (primary N) is 1. The largest absolute Gasteiger partial charge is 0.399 e. The van der Waals surface area contributed by atoms with E-state index in [1.165, 1.54) is 0 Å². The number of benzene rings is 1. The first kappa shape index (κ1) is 14.3. The Kier molecular flexibility index (Phi) is 5.47. The van der Waals surface area contributed by atoms with Crippen molar-refractivity contribution in [1.29, 1.82) is 5.26 Å². The molecule has 0 saturated carbocycles. The second-order valence-corrected chi connectivity index (χ2v) is 4.58. The third-order valence-corrected chi connectivity index (χ3v) is 3.29. The molecular formula is C14H22N4. The second-order valence-electron chi connectivity index (χ2n) is 4.58. The number of nitrogens with zero attached hydrogens (tertiary/aromatic N) is 2. The normalized spacial score (nSPS) is 12.2. The quantitative estimate of drug-likeness (QED) is 0.756. The lowest BCUT2D eigenvalue weighted by molar-refractivity contribution is 0.261. The van der Waals surface area contributed by atoms with Gasteiger partial charge >= 0.3 is 0 Å². The molecule has 0 aliphatic carbocycles. The van der Waals surface area contributed by atoms with Crippen molar-refractivity contribution in [2.24, 2.45) is 0 Å². The molecule has 0 spiro atoms. The van der Waals surface area contributed by atoms with Gasteiger partial charge < -0.3 is 16.0 Å². The van der Waals surface area contributed by atoms with E-state index in [2.05, 4.69) is 37.2 Å². The molecule has 0 amide bonds. The Hall–Kier alpha value is -1.73. The summed E-state index contributed by atoms with van der Waals surface area (Å²) in [5, 5.41) is 12.3. The Morgan fingerprint density at radius 1 is 1.50 bits per heavy atom. The van der Waals surface area contributed by atoms with E-state index in [0.717, 1.165) is 25.2 Å². The van der Waals surface area contributed by atoms with E-state index in [1.807, 2.05) is 12.1 Å². The van der Waals surface area contributed by atoms with Gasteiger partial charge in [0.1, 0.15) is 6.07 Å². The number of nitrogen functional groups attached to an aromatic ring is 1. The second kappa shape index (κ2) is 6.87. The van der Waals surface area contributed by atoms with Gasteiger partial charge in [0, 0.05) is 24.8 Å². The van der Waals surface area contributed by atoms with Gasteiger partial charge in [-0.2, -0.15) is 5.26 Å². The third-order valence-electron chi connectivity index (χ3n) is 3.29. The zero-order valence-corrected chi connectivity index (χ0v) is 11.4. The van der Waals surface area contributed by atoms with Gasteiger partial charge in [0.2, 0.25) is 0 Å². The molecule has 0 bridgehead atoms. The van der Waals surface area contributed by atoms with Crippen LogP contribution in [0, 0.1) is 11.3 Å². The van der Waals surface area contributed by atoms with E-state index in [1.54, 1.807) is 6.07 Å². The van der Waals surface area contributed by atoms with Gasteiger partial charge in [-0.15, -0.1) is 0 Å². The van der Waals surface area contributed by atoms with Crippen LogP contribution < -0.4 is 11.1 Å². The third kappa shape index (κ3) is 3.94. The average molecular weight is 246 g/mol. The van der Waals surface area contributed by atoms with Crippen LogP contribution in [0.4, 0.5) is 11.4 Å². The predicted molar refractivity (Wildman–Crippen MR) is 76.4 cm³/mol. The van der Waals surface area contributed by atoms with E-state index in [0.29, 0.717) is 17.3 Å². The van der Waals surface area contributed by atoms with Crippen LogP contribution in [-0.2, 0) is 0 Å². The van der Waals surface area contributed by atoms with E-state index >= 15 is 0 Å². The highest BCUT2D eigenvalue weighted by Gasteiger charge is 2.06. The van der Waals surface area contributed by atoms with Crippen molar-refractivity contribution in [3.05, 3.63) is 23.8 Å². The molecule has 0 aromatic heterocycles. The number of hydrogen-bond donors (Lipinski definition) is 2. The molecule has 18 heavy (non-hydrogen) atoms. The summed E-state index contributed by atoms with van der Waals surface area (Å²) < 4.78 is 0. The zero-order chi connectivity index (χ0) is 13.5. The molecule has 0 radical (unpaired) electrons. The topological polar surface area (TPSA) is 65.1 Å². The number of rotatable bonds is 6. The maximum atomic E-state index is 9.02. The van der Waals surface area contributed by atoms with Gasteiger partial charge in [-0.25, -0.2) is 0 Å². The van der Waals surface area contributed by atoms with Crippen LogP contribution in [0.15, 0.2) is 18.2 Å². The maximum absolute atomic E-state index is 9.02. The molecule has 4 heteroatoms. The first-order chi connectivity index (χ1) is 8.58. The monoisotopic (exact) mass is 246 g/mol. The molecule has 0 aliphatic heterocycles. The lowest BCUT2D eigenvalue weighted by atomic mass is 10.1. The first-order valence-corrected chi connectivity index (χ1v) is 6.32. The molecule has 3 N–H and O–H groups in total. The Morgan fingerprint density at radius 2 is 2.22 bits per heavy atom. The van der Waals surface area contributed by atoms with Crippen molar-refractivity contribution in [1.82, 2.24) is 4.90 Å². The van der Waals surface area contributed by atoms with Crippen molar-refractivity contribution >= 4 is 11.4 Å². The smallest absolute Gasteiger partial charge is 0.101 e. The van der Waals surface area contributed by atoms with Gasteiger partial charge in [-0.05, 0) is 38.6 Å². The number of nitrogens with one attached hydrogen (secondary N) is 1. The molecule has 4 nitrogen and oxygen atoms in total. The summed E-state index contributed by atoms with van der Waals surface area (Å²) in [6.07, 6.45) is 1.14. The summed E-state index contributed by atoms with van der Waals surface area (Å²) in [5.41, 5.74) is 7.72. The first-order valence-electron chi connectivity index (χ1n) is 6.32. The molecule has 0 fully saturated rings. The highest BCUT2D eigenvalue weighted by Crippen LogP contribution is 2.17. The van der Waals surface area contributed by atoms with Gasteiger partial charge in [0.25, 0.3) is 0 Å². The highest BCUT2D eigenvalue weighted by molar-refractivity contribution is 5.62. The van der Waals surface area contributed by atoms with Crippen LogP contribution >= 0.6 is 0 Å². The van der Waals surface area contributed by atoms with E-state index in [-0.39, 0.29) is 0 Å². The van der Waals surface area contributed by atoms with Gasteiger partial charge in [0.05, 0.1) is 11.3 Å². The van der Waals surface area contributed by atoms with Crippen LogP contribution in [0.1, 0.15) is 25.8 Å². The summed E-state index contributed by atoms with van der Waals surface area (Å²) in [5.74, 6) is 0. The fraction of sp³-hybridized carbons (Fsp3) is 0.500. The molecule has 98 valence electrons. The van der Waals surface area contributed by atoms with Crippen LogP contribution in [0.25, 0.3) is 0 Å². The summed E-state index contributed by atoms with van der Waals surface area (Å²) in [6.45, 7) is 6.16. The SMILES string of the molecule is CCC(C)N(C)CCNc1ccc(N)cc1C#N. The van der Waals surface area contributed by atoms with Crippen LogP contribution in [0.3, 0.4) is 0 Å². The van der Waals surface area contributed by atoms with Gasteiger partial charge in [0.15, 0.2) is 0 Å². The fourth-order valence-electron chi connectivity index (χ4n) is 1.71. The van der Waals surface area contributed by atoms with Gasteiger partial charge in [-0.3, -0.25) is 0 Å². The Bertz CT molecular complexity index is 422. The van der Waals surface area contributed by atoms with Crippen LogP contribution in [-0.4, -0.2) is 31.1 Å². The lowest BCUT2D eigenvalue weighted by Gasteiger charge is -2.23. The number of hydrogen-bond acceptors (Lipinski definition) is 4. The Balaban J connectivity index is 2.52. The van der Waals surface area contributed by atoms with E-state index in [9.17, 15) is 0 Å². The number of nitriles is 1. The summed E-state index contributed by atoms with van der Waals surface area (Å²) in [7, 11) is 2.12. The molecular weight excluding hydrogens is 224 g/mol. The van der Waals surface area contributed by atoms with Gasteiger partial charge in [-0.1, -0.05) is 6.92 Å². The summed E-state index contributed by atoms with van der Waals surface area (Å²) in [6, 6.07) is 8.09. The van der Waals surface area contributed by atoms with Crippen molar-refractivity contribution < 1.29 is 0 Å². The Labute approximate surface area is 109 Å². The summed E-state index contributed by atoms with van der Waals surface area (Å²) in [4.78, 5) is 2.30. The molecule has 1 rings (SSSR count). The molecule has 1 unspecified atom stereocenters. The number of anilines is 2. The van der Waals surface area contributed by atoms with Crippen molar-refractivity contribution in [2.45, 2.75) is 26.3 Å². The minimum Gasteiger partial charge on any atom is -0.399 e. The minimum absolute atomic E-state index is 0.577. The molecule has 1 aromatic carbocycles. The maximum Gasteiger partial charge on any atom is 0.101 e. The van der Waals surface area contributed by atoms with Crippen molar-refractivity contribution in [3.8, 4) is 6.07 Å². The number of likely N-dealkylation sites (N-methyl/N-ethyl adjacent to an activating group) is 1. The highest BCUT2D eigenvalue weighted by atomic mass is 15.1. The van der Waals surface area contributed by atoms with Crippen molar-refractivity contribution in [2.75, 3.05) is 31.2 Å². The predicted octanol–water partition coefficient (Wildman–Crippen LogP) is 2.28. The lowest BCUT2D eigenvalue weighted by Crippen LogP contribution is -2.32. The summed E-state index contributed by atoms with van der Waals surface area (Å²) >= 11 is 0. The molecule has 0 saturated heterocycles. The fourth-order valence-corrected chi connectivity index (χ4v) is 1.71. The average Bonchev–Trinajstić information content (AvgIpc) is 2.39. The molecule has 0 heterocycles. The van der Waals surface area contributed by atoms with E-state index < -0.39 is 0 Å². The molecule has 1 aromatic rings. The molecule has 1 atom stereocenters. The molecule has 0 aliphatic rings. The zero-order valence-electron chi connectivity index (χ0n) is 11.4. The van der Waals surface area contributed by atoms with E-state index in [4.69, 9.17) is 11.0 Å². The minimum atomic E-state index is 0.577. The standard InChI is InChI=1S/C14H22N4/c1-4-11(2)18(3)8-7-17-14-6-5-13(16)9-12(14)10-15/h5-6,9,11,17H,4,7-8,16H2,1-3H3. The Morgan fingerprint density at radius 3 is 2.83 bits per heavy atom. The van der Waals surface area contributed by atoms with Crippen LogP contribution in [0.2, 0.25) is 0 Å². The van der Waals surface area contributed by atoms with Crippen molar-refractivity contribution in [3.63, 3.8) is 0 Å². The van der Waals surface area contributed by atoms with Crippen LogP contribution in [0.5, 0.6) is 0 Å².